The summed E-state index contributed by atoms with van der Waals surface area (Å²) in [5, 5.41) is 2.75. The number of amides is 1. The van der Waals surface area contributed by atoms with Gasteiger partial charge >= 0.3 is 0 Å². The Balaban J connectivity index is 1.90. The van der Waals surface area contributed by atoms with Crippen LogP contribution >= 0.6 is 11.3 Å². The number of methoxy groups -OCH3 is 1. The Hall–Kier alpha value is -1.94. The third kappa shape index (κ3) is 3.90. The van der Waals surface area contributed by atoms with Gasteiger partial charge in [-0.15, -0.1) is 11.3 Å². The van der Waals surface area contributed by atoms with E-state index in [-0.39, 0.29) is 29.6 Å². The molecule has 1 aliphatic rings. The summed E-state index contributed by atoms with van der Waals surface area (Å²) in [6.45, 7) is 3.21. The molecular formula is C17H20N2O5S2. The zero-order valence-electron chi connectivity index (χ0n) is 14.5. The number of nitrogens with zero attached hydrogens (tertiary/aromatic N) is 1. The first kappa shape index (κ1) is 18.8. The summed E-state index contributed by atoms with van der Waals surface area (Å²) in [7, 11) is -2.33. The molecule has 1 aromatic carbocycles. The number of rotatable bonds is 5. The fourth-order valence-electron chi connectivity index (χ4n) is 2.63. The number of nitrogens with one attached hydrogen (secondary N) is 1. The van der Waals surface area contributed by atoms with E-state index in [9.17, 15) is 13.2 Å². The van der Waals surface area contributed by atoms with E-state index in [0.29, 0.717) is 23.8 Å². The number of morpholine rings is 1. The maximum absolute atomic E-state index is 13.0. The van der Waals surface area contributed by atoms with Gasteiger partial charge in [-0.2, -0.15) is 4.31 Å². The molecule has 1 saturated heterocycles. The number of aryl methyl sites for hydroxylation is 1. The molecule has 0 unspecified atom stereocenters. The third-order valence-corrected chi connectivity index (χ3v) is 6.89. The highest BCUT2D eigenvalue weighted by Crippen LogP contribution is 2.30. The number of thiophene rings is 1. The molecule has 3 rings (SSSR count). The van der Waals surface area contributed by atoms with Gasteiger partial charge < -0.3 is 14.8 Å². The number of anilines is 1. The van der Waals surface area contributed by atoms with Crippen molar-refractivity contribution >= 4 is 33.0 Å². The number of carbonyl (C=O) groups is 1. The normalized spacial score (nSPS) is 15.6. The average Bonchev–Trinajstić information content (AvgIpc) is 3.09. The Labute approximate surface area is 156 Å². The first-order valence-electron chi connectivity index (χ1n) is 8.05. The quantitative estimate of drug-likeness (QED) is 0.839. The Morgan fingerprint density at radius 1 is 1.23 bits per heavy atom. The molecule has 0 bridgehead atoms. The zero-order valence-corrected chi connectivity index (χ0v) is 16.2. The van der Waals surface area contributed by atoms with Gasteiger partial charge in [0.15, 0.2) is 0 Å². The number of benzene rings is 1. The van der Waals surface area contributed by atoms with E-state index in [1.54, 1.807) is 18.2 Å². The molecule has 1 fully saturated rings. The van der Waals surface area contributed by atoms with Crippen molar-refractivity contribution in [3.05, 3.63) is 40.1 Å². The molecule has 0 aliphatic carbocycles. The zero-order chi connectivity index (χ0) is 18.7. The van der Waals surface area contributed by atoms with E-state index in [1.165, 1.54) is 28.8 Å². The Kier molecular flexibility index (Phi) is 5.61. The second-order valence-electron chi connectivity index (χ2n) is 5.75. The molecule has 0 radical (unpaired) electrons. The second-order valence-corrected chi connectivity index (χ2v) is 8.94. The summed E-state index contributed by atoms with van der Waals surface area (Å²) in [6.07, 6.45) is 0. The van der Waals surface area contributed by atoms with Crippen molar-refractivity contribution in [3.8, 4) is 5.75 Å². The van der Waals surface area contributed by atoms with E-state index in [4.69, 9.17) is 9.47 Å². The molecule has 2 heterocycles. The Bertz CT molecular complexity index is 902. The lowest BCUT2D eigenvalue weighted by atomic mass is 10.3. The van der Waals surface area contributed by atoms with E-state index in [2.05, 4.69) is 5.32 Å². The highest BCUT2D eigenvalue weighted by Gasteiger charge is 2.29. The molecule has 1 aromatic heterocycles. The molecular weight excluding hydrogens is 376 g/mol. The minimum absolute atomic E-state index is 0.0297. The van der Waals surface area contributed by atoms with Crippen molar-refractivity contribution in [2.45, 2.75) is 11.8 Å². The van der Waals surface area contributed by atoms with Crippen LogP contribution in [0, 0.1) is 6.92 Å². The van der Waals surface area contributed by atoms with E-state index in [0.717, 1.165) is 4.88 Å². The van der Waals surface area contributed by atoms with Crippen LogP contribution < -0.4 is 10.1 Å². The predicted octanol–water partition coefficient (Wildman–Crippen LogP) is 2.34. The van der Waals surface area contributed by atoms with Gasteiger partial charge in [-0.25, -0.2) is 8.42 Å². The monoisotopic (exact) mass is 396 g/mol. The van der Waals surface area contributed by atoms with Crippen LogP contribution in [0.2, 0.25) is 0 Å². The van der Waals surface area contributed by atoms with Gasteiger partial charge in [-0.3, -0.25) is 4.79 Å². The number of hydrogen-bond acceptors (Lipinski definition) is 6. The highest BCUT2D eigenvalue weighted by molar-refractivity contribution is 7.89. The van der Waals surface area contributed by atoms with Crippen LogP contribution in [0.1, 0.15) is 14.5 Å². The van der Waals surface area contributed by atoms with Gasteiger partial charge in [-0.05, 0) is 37.3 Å². The molecule has 0 atom stereocenters. The van der Waals surface area contributed by atoms with E-state index in [1.807, 2.05) is 13.0 Å². The summed E-state index contributed by atoms with van der Waals surface area (Å²) in [5.41, 5.74) is 0.397. The smallest absolute Gasteiger partial charge is 0.265 e. The first-order chi connectivity index (χ1) is 12.4. The van der Waals surface area contributed by atoms with E-state index < -0.39 is 10.0 Å². The number of hydrogen-bond donors (Lipinski definition) is 1. The molecule has 1 amide bonds. The SMILES string of the molecule is COc1ccc(NC(=O)c2ccc(C)s2)cc1S(=O)(=O)N1CCOCC1. The summed E-state index contributed by atoms with van der Waals surface area (Å²) in [4.78, 5) is 14.0. The molecule has 7 nitrogen and oxygen atoms in total. The number of ether oxygens (including phenoxy) is 2. The van der Waals surface area contributed by atoms with Crippen LogP contribution in [0.25, 0.3) is 0 Å². The summed E-state index contributed by atoms with van der Waals surface area (Å²) < 4.78 is 37.7. The largest absolute Gasteiger partial charge is 0.495 e. The topological polar surface area (TPSA) is 84.9 Å². The van der Waals surface area contributed by atoms with Crippen molar-refractivity contribution in [3.63, 3.8) is 0 Å². The van der Waals surface area contributed by atoms with Gasteiger partial charge in [0.1, 0.15) is 10.6 Å². The third-order valence-electron chi connectivity index (χ3n) is 3.97. The van der Waals surface area contributed by atoms with Crippen LogP contribution in [0.15, 0.2) is 35.2 Å². The highest BCUT2D eigenvalue weighted by atomic mass is 32.2. The molecule has 140 valence electrons. The van der Waals surface area contributed by atoms with Crippen LogP contribution in [0.4, 0.5) is 5.69 Å². The van der Waals surface area contributed by atoms with Gasteiger partial charge in [0, 0.05) is 23.7 Å². The number of sulfonamides is 1. The second kappa shape index (κ2) is 7.75. The van der Waals surface area contributed by atoms with Crippen LogP contribution in [-0.2, 0) is 14.8 Å². The fourth-order valence-corrected chi connectivity index (χ4v) is 4.98. The predicted molar refractivity (Wildman–Crippen MR) is 99.6 cm³/mol. The van der Waals surface area contributed by atoms with Gasteiger partial charge in [0.25, 0.3) is 5.91 Å². The summed E-state index contributed by atoms with van der Waals surface area (Å²) in [5.74, 6) is -0.0375. The lowest BCUT2D eigenvalue weighted by Crippen LogP contribution is -2.40. The minimum Gasteiger partial charge on any atom is -0.495 e. The summed E-state index contributed by atoms with van der Waals surface area (Å²) in [6, 6.07) is 8.20. The Morgan fingerprint density at radius 2 is 1.96 bits per heavy atom. The van der Waals surface area contributed by atoms with Crippen molar-refractivity contribution in [1.82, 2.24) is 4.31 Å². The Morgan fingerprint density at radius 3 is 2.58 bits per heavy atom. The lowest BCUT2D eigenvalue weighted by Gasteiger charge is -2.26. The van der Waals surface area contributed by atoms with Gasteiger partial charge in [-0.1, -0.05) is 0 Å². The molecule has 26 heavy (non-hydrogen) atoms. The van der Waals surface area contributed by atoms with Gasteiger partial charge in [0.2, 0.25) is 10.0 Å². The fraction of sp³-hybridized carbons (Fsp3) is 0.353. The van der Waals surface area contributed by atoms with Crippen molar-refractivity contribution in [1.29, 1.82) is 0 Å². The average molecular weight is 396 g/mol. The maximum atomic E-state index is 13.0. The molecule has 2 aromatic rings. The molecule has 1 N–H and O–H groups in total. The summed E-state index contributed by atoms with van der Waals surface area (Å²) >= 11 is 1.38. The van der Waals surface area contributed by atoms with Crippen molar-refractivity contribution in [2.24, 2.45) is 0 Å². The molecule has 1 aliphatic heterocycles. The van der Waals surface area contributed by atoms with Gasteiger partial charge in [0.05, 0.1) is 25.2 Å². The standard InChI is InChI=1S/C17H20N2O5S2/c1-12-3-6-15(25-12)17(20)18-13-4-5-14(23-2)16(11-13)26(21,22)19-7-9-24-10-8-19/h3-6,11H,7-10H2,1-2H3,(H,18,20). The molecule has 9 heteroatoms. The van der Waals surface area contributed by atoms with Crippen molar-refractivity contribution in [2.75, 3.05) is 38.7 Å². The molecule has 0 saturated carbocycles. The lowest BCUT2D eigenvalue weighted by molar-refractivity contribution is 0.0729. The number of carbonyl (C=O) groups excluding carboxylic acids is 1. The first-order valence-corrected chi connectivity index (χ1v) is 10.3. The van der Waals surface area contributed by atoms with Crippen LogP contribution in [0.3, 0.4) is 0 Å². The molecule has 0 spiro atoms. The van der Waals surface area contributed by atoms with Crippen molar-refractivity contribution < 1.29 is 22.7 Å². The van der Waals surface area contributed by atoms with E-state index >= 15 is 0 Å². The maximum Gasteiger partial charge on any atom is 0.265 e. The van der Waals surface area contributed by atoms with Crippen LogP contribution in [0.5, 0.6) is 5.75 Å². The minimum atomic E-state index is -3.74. The van der Waals surface area contributed by atoms with Crippen LogP contribution in [-0.4, -0.2) is 52.0 Å².